The first-order valence-electron chi connectivity index (χ1n) is 5.12. The number of nitrogens with one attached hydrogen (secondary N) is 2. The lowest BCUT2D eigenvalue weighted by Gasteiger charge is -2.11. The van der Waals surface area contributed by atoms with Crippen molar-refractivity contribution in [3.63, 3.8) is 0 Å². The van der Waals surface area contributed by atoms with Crippen LogP contribution in [0.15, 0.2) is 22.7 Å². The summed E-state index contributed by atoms with van der Waals surface area (Å²) in [5.41, 5.74) is 0.563. The molecule has 0 aliphatic carbocycles. The van der Waals surface area contributed by atoms with Crippen LogP contribution >= 0.6 is 15.9 Å². The molecular weight excluding hydrogens is 307 g/mol. The second-order valence-corrected chi connectivity index (χ2v) is 4.39. The summed E-state index contributed by atoms with van der Waals surface area (Å²) in [7, 11) is 0. The minimum atomic E-state index is -1.13. The fourth-order valence-electron chi connectivity index (χ4n) is 1.17. The molecule has 98 valence electrons. The van der Waals surface area contributed by atoms with Gasteiger partial charge in [-0.2, -0.15) is 0 Å². The third-order valence-corrected chi connectivity index (χ3v) is 3.08. The number of urea groups is 1. The molecule has 2 amide bonds. The van der Waals surface area contributed by atoms with Crippen LogP contribution in [-0.4, -0.2) is 23.1 Å². The van der Waals surface area contributed by atoms with Crippen LogP contribution in [-0.2, 0) is 11.3 Å². The fourth-order valence-corrected chi connectivity index (χ4v) is 1.57. The molecular formula is C11H12BrFN2O3. The second kappa shape index (κ2) is 6.34. The number of carboxylic acids is 1. The first-order chi connectivity index (χ1) is 8.41. The van der Waals surface area contributed by atoms with Crippen LogP contribution in [0.4, 0.5) is 9.18 Å². The van der Waals surface area contributed by atoms with Crippen molar-refractivity contribution in [3.05, 3.63) is 34.1 Å². The summed E-state index contributed by atoms with van der Waals surface area (Å²) in [5.74, 6) is -1.55. The zero-order valence-corrected chi connectivity index (χ0v) is 11.1. The number of hydrogen-bond donors (Lipinski definition) is 3. The van der Waals surface area contributed by atoms with Gasteiger partial charge in [-0.1, -0.05) is 12.1 Å². The Labute approximate surface area is 112 Å². The topological polar surface area (TPSA) is 78.4 Å². The monoisotopic (exact) mass is 318 g/mol. The van der Waals surface area contributed by atoms with E-state index in [1.807, 2.05) is 0 Å². The first kappa shape index (κ1) is 14.4. The molecule has 1 aromatic carbocycles. The van der Waals surface area contributed by atoms with E-state index in [1.54, 1.807) is 6.07 Å². The van der Waals surface area contributed by atoms with Gasteiger partial charge in [0.05, 0.1) is 4.47 Å². The molecule has 5 nitrogen and oxygen atoms in total. The summed E-state index contributed by atoms with van der Waals surface area (Å²) in [6.07, 6.45) is 0. The first-order valence-corrected chi connectivity index (χ1v) is 5.91. The van der Waals surface area contributed by atoms with Crippen LogP contribution in [0.5, 0.6) is 0 Å². The molecule has 0 fully saturated rings. The van der Waals surface area contributed by atoms with Crippen LogP contribution in [0.25, 0.3) is 0 Å². The predicted molar refractivity (Wildman–Crippen MR) is 66.6 cm³/mol. The molecule has 0 saturated heterocycles. The smallest absolute Gasteiger partial charge is 0.325 e. The van der Waals surface area contributed by atoms with Gasteiger partial charge in [0, 0.05) is 6.54 Å². The van der Waals surface area contributed by atoms with Gasteiger partial charge < -0.3 is 15.7 Å². The van der Waals surface area contributed by atoms with E-state index in [9.17, 15) is 14.0 Å². The number of benzene rings is 1. The molecule has 1 rings (SSSR count). The van der Waals surface area contributed by atoms with E-state index in [-0.39, 0.29) is 11.0 Å². The van der Waals surface area contributed by atoms with Crippen molar-refractivity contribution >= 4 is 27.9 Å². The van der Waals surface area contributed by atoms with Crippen molar-refractivity contribution in [2.24, 2.45) is 0 Å². The van der Waals surface area contributed by atoms with E-state index >= 15 is 0 Å². The molecule has 0 heterocycles. The zero-order valence-electron chi connectivity index (χ0n) is 9.54. The molecule has 3 N–H and O–H groups in total. The molecule has 1 atom stereocenters. The van der Waals surface area contributed by atoms with Crippen molar-refractivity contribution in [1.82, 2.24) is 10.6 Å². The Hall–Kier alpha value is -1.63. The van der Waals surface area contributed by atoms with E-state index < -0.39 is 23.9 Å². The highest BCUT2D eigenvalue weighted by Gasteiger charge is 2.13. The molecule has 0 spiro atoms. The summed E-state index contributed by atoms with van der Waals surface area (Å²) in [6, 6.07) is 2.85. The molecule has 0 radical (unpaired) electrons. The molecule has 0 saturated carbocycles. The lowest BCUT2D eigenvalue weighted by Crippen LogP contribution is -2.44. The Balaban J connectivity index is 2.53. The summed E-state index contributed by atoms with van der Waals surface area (Å²) in [5, 5.41) is 13.3. The maximum Gasteiger partial charge on any atom is 0.325 e. The van der Waals surface area contributed by atoms with Crippen molar-refractivity contribution in [2.45, 2.75) is 19.5 Å². The van der Waals surface area contributed by atoms with Gasteiger partial charge in [0.2, 0.25) is 0 Å². The van der Waals surface area contributed by atoms with Gasteiger partial charge in [-0.05, 0) is 34.5 Å². The van der Waals surface area contributed by atoms with E-state index in [0.29, 0.717) is 5.56 Å². The van der Waals surface area contributed by atoms with Crippen molar-refractivity contribution in [3.8, 4) is 0 Å². The second-order valence-electron chi connectivity index (χ2n) is 3.60. The number of halogens is 2. The Kier molecular flexibility index (Phi) is 5.08. The van der Waals surface area contributed by atoms with Crippen molar-refractivity contribution in [2.75, 3.05) is 0 Å². The van der Waals surface area contributed by atoms with Crippen molar-refractivity contribution in [1.29, 1.82) is 0 Å². The van der Waals surface area contributed by atoms with E-state index in [1.165, 1.54) is 19.1 Å². The lowest BCUT2D eigenvalue weighted by atomic mass is 10.2. The molecule has 0 bridgehead atoms. The Morgan fingerprint density at radius 3 is 2.78 bits per heavy atom. The number of rotatable bonds is 4. The molecule has 0 aliphatic rings. The van der Waals surface area contributed by atoms with Crippen LogP contribution in [0, 0.1) is 5.82 Å². The number of carbonyl (C=O) groups excluding carboxylic acids is 1. The van der Waals surface area contributed by atoms with Crippen LogP contribution < -0.4 is 10.6 Å². The summed E-state index contributed by atoms with van der Waals surface area (Å²) in [6.45, 7) is 1.44. The third-order valence-electron chi connectivity index (χ3n) is 2.19. The number of amides is 2. The van der Waals surface area contributed by atoms with Crippen LogP contribution in [0.2, 0.25) is 0 Å². The van der Waals surface area contributed by atoms with Gasteiger partial charge in [-0.15, -0.1) is 0 Å². The summed E-state index contributed by atoms with van der Waals surface area (Å²) >= 11 is 3.06. The molecule has 7 heteroatoms. The van der Waals surface area contributed by atoms with Crippen LogP contribution in [0.3, 0.4) is 0 Å². The highest BCUT2D eigenvalue weighted by molar-refractivity contribution is 9.10. The van der Waals surface area contributed by atoms with E-state index in [2.05, 4.69) is 26.6 Å². The molecule has 1 unspecified atom stereocenters. The molecule has 0 aliphatic heterocycles. The standard InChI is InChI=1S/C11H12BrFN2O3/c1-6(10(16)17)15-11(18)14-5-7-3-2-4-8(13)9(7)12/h2-4,6H,5H2,1H3,(H,16,17)(H2,14,15,18). The van der Waals surface area contributed by atoms with Gasteiger partial charge >= 0.3 is 12.0 Å². The quantitative estimate of drug-likeness (QED) is 0.793. The minimum Gasteiger partial charge on any atom is -0.480 e. The maximum absolute atomic E-state index is 13.2. The normalized spacial score (nSPS) is 11.7. The van der Waals surface area contributed by atoms with E-state index in [0.717, 1.165) is 0 Å². The molecule has 0 aromatic heterocycles. The largest absolute Gasteiger partial charge is 0.480 e. The highest BCUT2D eigenvalue weighted by Crippen LogP contribution is 2.19. The van der Waals surface area contributed by atoms with Gasteiger partial charge in [-0.3, -0.25) is 4.79 Å². The SMILES string of the molecule is CC(NC(=O)NCc1cccc(F)c1Br)C(=O)O. The minimum absolute atomic E-state index is 0.0938. The third kappa shape index (κ3) is 3.99. The van der Waals surface area contributed by atoms with Gasteiger partial charge in [-0.25, -0.2) is 9.18 Å². The predicted octanol–water partition coefficient (Wildman–Crippen LogP) is 1.86. The van der Waals surface area contributed by atoms with E-state index in [4.69, 9.17) is 5.11 Å². The maximum atomic E-state index is 13.2. The van der Waals surface area contributed by atoms with Crippen molar-refractivity contribution < 1.29 is 19.1 Å². The fraction of sp³-hybridized carbons (Fsp3) is 0.273. The molecule has 18 heavy (non-hydrogen) atoms. The van der Waals surface area contributed by atoms with Gasteiger partial charge in [0.1, 0.15) is 11.9 Å². The number of carbonyl (C=O) groups is 2. The Morgan fingerprint density at radius 2 is 2.17 bits per heavy atom. The number of carboxylic acid groups (broad SMARTS) is 1. The summed E-state index contributed by atoms with van der Waals surface area (Å²) in [4.78, 5) is 21.8. The Morgan fingerprint density at radius 1 is 1.50 bits per heavy atom. The Bertz CT molecular complexity index is 468. The average Bonchev–Trinajstić information content (AvgIpc) is 2.31. The van der Waals surface area contributed by atoms with Crippen LogP contribution in [0.1, 0.15) is 12.5 Å². The van der Waals surface area contributed by atoms with Gasteiger partial charge in [0.15, 0.2) is 0 Å². The zero-order chi connectivity index (χ0) is 13.7. The highest BCUT2D eigenvalue weighted by atomic mass is 79.9. The summed E-state index contributed by atoms with van der Waals surface area (Å²) < 4.78 is 13.4. The number of hydrogen-bond acceptors (Lipinski definition) is 2. The number of aliphatic carboxylic acids is 1. The molecule has 1 aromatic rings. The van der Waals surface area contributed by atoms with Gasteiger partial charge in [0.25, 0.3) is 0 Å². The lowest BCUT2D eigenvalue weighted by molar-refractivity contribution is -0.138. The average molecular weight is 319 g/mol.